The first-order valence-corrected chi connectivity index (χ1v) is 6.82. The molecule has 5 nitrogen and oxygen atoms in total. The van der Waals surface area contributed by atoms with Crippen molar-refractivity contribution in [2.45, 2.75) is 39.0 Å². The van der Waals surface area contributed by atoms with E-state index in [1.807, 2.05) is 26.8 Å². The summed E-state index contributed by atoms with van der Waals surface area (Å²) in [6, 6.07) is 1.60. The molecule has 0 saturated carbocycles. The SMILES string of the molecule is COCC1c2ncc(Cl)cc2CN1C(=O)OC(C)(C)C. The molecule has 20 heavy (non-hydrogen) atoms. The van der Waals surface area contributed by atoms with E-state index in [0.29, 0.717) is 18.2 Å². The summed E-state index contributed by atoms with van der Waals surface area (Å²) in [5.41, 5.74) is 1.22. The van der Waals surface area contributed by atoms with Crippen molar-refractivity contribution in [1.29, 1.82) is 0 Å². The highest BCUT2D eigenvalue weighted by Crippen LogP contribution is 2.34. The van der Waals surface area contributed by atoms with Gasteiger partial charge in [0.2, 0.25) is 0 Å². The third kappa shape index (κ3) is 3.22. The van der Waals surface area contributed by atoms with Crippen molar-refractivity contribution in [1.82, 2.24) is 9.88 Å². The number of carbonyl (C=O) groups is 1. The zero-order valence-electron chi connectivity index (χ0n) is 12.1. The molecule has 1 aliphatic rings. The summed E-state index contributed by atoms with van der Waals surface area (Å²) in [5, 5.41) is 0.561. The van der Waals surface area contributed by atoms with E-state index < -0.39 is 5.60 Å². The van der Waals surface area contributed by atoms with Gasteiger partial charge in [-0.2, -0.15) is 0 Å². The highest BCUT2D eigenvalue weighted by molar-refractivity contribution is 6.30. The predicted octanol–water partition coefficient (Wildman–Crippen LogP) is 3.17. The number of pyridine rings is 1. The highest BCUT2D eigenvalue weighted by Gasteiger charge is 2.37. The van der Waals surface area contributed by atoms with E-state index in [0.717, 1.165) is 11.3 Å². The maximum atomic E-state index is 12.3. The molecule has 0 N–H and O–H groups in total. The summed E-state index contributed by atoms with van der Waals surface area (Å²) in [7, 11) is 1.60. The molecule has 1 aromatic rings. The van der Waals surface area contributed by atoms with Crippen LogP contribution in [0, 0.1) is 0 Å². The second-order valence-electron chi connectivity index (χ2n) is 5.78. The van der Waals surface area contributed by atoms with Gasteiger partial charge in [-0.25, -0.2) is 4.79 Å². The summed E-state index contributed by atoms with van der Waals surface area (Å²) in [6.45, 7) is 6.34. The normalized spacial score (nSPS) is 18.1. The van der Waals surface area contributed by atoms with Gasteiger partial charge in [0, 0.05) is 13.3 Å². The Balaban J connectivity index is 2.25. The van der Waals surface area contributed by atoms with Gasteiger partial charge in [0.15, 0.2) is 0 Å². The Kier molecular flexibility index (Phi) is 4.20. The predicted molar refractivity (Wildman–Crippen MR) is 75.6 cm³/mol. The van der Waals surface area contributed by atoms with Crippen LogP contribution in [0.4, 0.5) is 4.79 Å². The first-order valence-electron chi connectivity index (χ1n) is 6.44. The van der Waals surface area contributed by atoms with E-state index in [-0.39, 0.29) is 12.1 Å². The maximum Gasteiger partial charge on any atom is 0.411 e. The van der Waals surface area contributed by atoms with Crippen LogP contribution in [0.5, 0.6) is 0 Å². The highest BCUT2D eigenvalue weighted by atomic mass is 35.5. The van der Waals surface area contributed by atoms with Crippen molar-refractivity contribution < 1.29 is 14.3 Å². The number of methoxy groups -OCH3 is 1. The summed E-state index contributed by atoms with van der Waals surface area (Å²) in [5.74, 6) is 0. The molecule has 110 valence electrons. The topological polar surface area (TPSA) is 51.7 Å². The van der Waals surface area contributed by atoms with Crippen molar-refractivity contribution in [2.24, 2.45) is 0 Å². The van der Waals surface area contributed by atoms with Crippen LogP contribution in [0.1, 0.15) is 38.1 Å². The van der Waals surface area contributed by atoms with Gasteiger partial charge < -0.3 is 9.47 Å². The standard InChI is InChI=1S/C14H19ClN2O3/c1-14(2,3)20-13(18)17-7-9-5-10(15)6-16-12(9)11(17)8-19-4/h5-6,11H,7-8H2,1-4H3. The van der Waals surface area contributed by atoms with Crippen LogP contribution < -0.4 is 0 Å². The zero-order valence-corrected chi connectivity index (χ0v) is 12.9. The molecule has 6 heteroatoms. The lowest BCUT2D eigenvalue weighted by Gasteiger charge is -2.28. The van der Waals surface area contributed by atoms with Crippen molar-refractivity contribution in [3.05, 3.63) is 28.5 Å². The first-order chi connectivity index (χ1) is 9.31. The number of hydrogen-bond donors (Lipinski definition) is 0. The van der Waals surface area contributed by atoms with E-state index in [4.69, 9.17) is 21.1 Å². The quantitative estimate of drug-likeness (QED) is 0.841. The number of amides is 1. The van der Waals surface area contributed by atoms with Gasteiger partial charge in [-0.05, 0) is 32.4 Å². The van der Waals surface area contributed by atoms with Crippen LogP contribution in [-0.4, -0.2) is 35.3 Å². The van der Waals surface area contributed by atoms with Gasteiger partial charge in [0.1, 0.15) is 11.6 Å². The molecule has 1 unspecified atom stereocenters. The molecule has 0 radical (unpaired) electrons. The van der Waals surface area contributed by atoms with E-state index >= 15 is 0 Å². The number of carbonyl (C=O) groups excluding carboxylic acids is 1. The Bertz CT molecular complexity index is 514. The van der Waals surface area contributed by atoms with Crippen molar-refractivity contribution in [3.63, 3.8) is 0 Å². The van der Waals surface area contributed by atoms with Crippen LogP contribution in [0.25, 0.3) is 0 Å². The second kappa shape index (κ2) is 5.58. The van der Waals surface area contributed by atoms with Crippen LogP contribution >= 0.6 is 11.6 Å². The van der Waals surface area contributed by atoms with E-state index in [1.54, 1.807) is 18.2 Å². The molecule has 1 aromatic heterocycles. The van der Waals surface area contributed by atoms with Gasteiger partial charge in [-0.1, -0.05) is 11.6 Å². The zero-order chi connectivity index (χ0) is 14.9. The Morgan fingerprint density at radius 3 is 2.85 bits per heavy atom. The van der Waals surface area contributed by atoms with Crippen molar-refractivity contribution in [2.75, 3.05) is 13.7 Å². The van der Waals surface area contributed by atoms with Crippen LogP contribution in [-0.2, 0) is 16.0 Å². The lowest BCUT2D eigenvalue weighted by molar-refractivity contribution is 0.00744. The van der Waals surface area contributed by atoms with E-state index in [1.165, 1.54) is 0 Å². The number of halogens is 1. The largest absolute Gasteiger partial charge is 0.444 e. The Labute approximate surface area is 123 Å². The fraction of sp³-hybridized carbons (Fsp3) is 0.571. The minimum Gasteiger partial charge on any atom is -0.444 e. The number of hydrogen-bond acceptors (Lipinski definition) is 4. The average molecular weight is 299 g/mol. The van der Waals surface area contributed by atoms with Gasteiger partial charge in [0.25, 0.3) is 0 Å². The molecule has 0 aliphatic carbocycles. The molecule has 0 bridgehead atoms. The lowest BCUT2D eigenvalue weighted by Crippen LogP contribution is -2.37. The van der Waals surface area contributed by atoms with Crippen molar-refractivity contribution in [3.8, 4) is 0 Å². The minimum atomic E-state index is -0.533. The number of aromatic nitrogens is 1. The Morgan fingerprint density at radius 1 is 1.55 bits per heavy atom. The van der Waals surface area contributed by atoms with E-state index in [2.05, 4.69) is 4.98 Å². The molecule has 0 saturated heterocycles. The first kappa shape index (κ1) is 15.1. The van der Waals surface area contributed by atoms with Gasteiger partial charge in [0.05, 0.1) is 23.9 Å². The lowest BCUT2D eigenvalue weighted by atomic mass is 10.1. The van der Waals surface area contributed by atoms with Gasteiger partial charge in [-0.15, -0.1) is 0 Å². The van der Waals surface area contributed by atoms with E-state index in [9.17, 15) is 4.79 Å². The molecule has 1 aliphatic heterocycles. The summed E-state index contributed by atoms with van der Waals surface area (Å²) < 4.78 is 10.6. The fourth-order valence-electron chi connectivity index (χ4n) is 2.20. The molecule has 1 atom stereocenters. The Morgan fingerprint density at radius 2 is 2.25 bits per heavy atom. The summed E-state index contributed by atoms with van der Waals surface area (Å²) in [4.78, 5) is 18.2. The second-order valence-corrected chi connectivity index (χ2v) is 6.21. The number of nitrogens with zero attached hydrogens (tertiary/aromatic N) is 2. The number of fused-ring (bicyclic) bond motifs is 1. The number of rotatable bonds is 2. The molecular weight excluding hydrogens is 280 g/mol. The monoisotopic (exact) mass is 298 g/mol. The minimum absolute atomic E-state index is 0.234. The van der Waals surface area contributed by atoms with Gasteiger partial charge in [-0.3, -0.25) is 9.88 Å². The number of ether oxygens (including phenoxy) is 2. The molecule has 2 heterocycles. The molecule has 0 spiro atoms. The van der Waals surface area contributed by atoms with Crippen molar-refractivity contribution >= 4 is 17.7 Å². The third-order valence-corrected chi connectivity index (χ3v) is 3.16. The molecule has 1 amide bonds. The smallest absolute Gasteiger partial charge is 0.411 e. The Hall–Kier alpha value is -1.33. The summed E-state index contributed by atoms with van der Waals surface area (Å²) >= 11 is 5.95. The van der Waals surface area contributed by atoms with Crippen LogP contribution in [0.15, 0.2) is 12.3 Å². The average Bonchev–Trinajstić information content (AvgIpc) is 2.66. The molecule has 2 rings (SSSR count). The molecule has 0 fully saturated rings. The van der Waals surface area contributed by atoms with Crippen LogP contribution in [0.2, 0.25) is 5.02 Å². The van der Waals surface area contributed by atoms with Gasteiger partial charge >= 0.3 is 6.09 Å². The molecular formula is C14H19ClN2O3. The van der Waals surface area contributed by atoms with Crippen LogP contribution in [0.3, 0.4) is 0 Å². The third-order valence-electron chi connectivity index (χ3n) is 2.95. The maximum absolute atomic E-state index is 12.3. The summed E-state index contributed by atoms with van der Waals surface area (Å²) in [6.07, 6.45) is 1.22. The molecule has 0 aromatic carbocycles. The fourth-order valence-corrected chi connectivity index (χ4v) is 2.38.